The van der Waals surface area contributed by atoms with E-state index in [9.17, 15) is 9.59 Å². The van der Waals surface area contributed by atoms with Crippen molar-refractivity contribution < 1.29 is 14.3 Å². The second-order valence-corrected chi connectivity index (χ2v) is 11.0. The molecule has 3 rings (SSSR count). The van der Waals surface area contributed by atoms with Crippen molar-refractivity contribution in [2.75, 3.05) is 18.5 Å². The molecule has 0 aliphatic rings. The van der Waals surface area contributed by atoms with Gasteiger partial charge in [-0.2, -0.15) is 0 Å². The minimum absolute atomic E-state index is 0.0718. The van der Waals surface area contributed by atoms with Crippen LogP contribution in [-0.4, -0.2) is 28.9 Å². The maximum absolute atomic E-state index is 12.5. The molecular weight excluding hydrogens is 538 g/mol. The molecule has 0 spiro atoms. The number of H-pyrrole nitrogens is 1. The molecule has 0 saturated carbocycles. The number of ether oxygens (including phenoxy) is 2. The number of unbranched alkanes of at least 4 members (excludes halogenated alkanes) is 9. The number of hydrogen-bond donors (Lipinski definition) is 2. The third-order valence-corrected chi connectivity index (χ3v) is 7.41. The fraction of sp³-hybridized carbons (Fsp3) is 0.500. The Labute approximate surface area is 257 Å². The van der Waals surface area contributed by atoms with Gasteiger partial charge in [-0.05, 0) is 74.9 Å². The molecule has 2 aromatic carbocycles. The van der Waals surface area contributed by atoms with Crippen LogP contribution in [0.5, 0.6) is 11.6 Å². The van der Waals surface area contributed by atoms with Crippen LogP contribution >= 0.6 is 0 Å². The highest BCUT2D eigenvalue weighted by Crippen LogP contribution is 2.21. The van der Waals surface area contributed by atoms with E-state index in [4.69, 9.17) is 9.47 Å². The molecule has 0 unspecified atom stereocenters. The van der Waals surface area contributed by atoms with Gasteiger partial charge < -0.3 is 14.8 Å². The molecular formula is C36H51N3O4. The van der Waals surface area contributed by atoms with Crippen LogP contribution in [0.25, 0.3) is 5.69 Å². The highest BCUT2D eigenvalue weighted by Gasteiger charge is 2.08. The Kier molecular flexibility index (Phi) is 15.9. The topological polar surface area (TPSA) is 85.3 Å². The quantitative estimate of drug-likeness (QED) is 0.0906. The van der Waals surface area contributed by atoms with Crippen LogP contribution in [0, 0.1) is 0 Å². The molecule has 0 aliphatic heterocycles. The molecule has 7 heteroatoms. The Morgan fingerprint density at radius 2 is 1.53 bits per heavy atom. The summed E-state index contributed by atoms with van der Waals surface area (Å²) in [6, 6.07) is 16.7. The van der Waals surface area contributed by atoms with Crippen LogP contribution in [0.3, 0.4) is 0 Å². The number of aromatic amines is 1. The number of carbonyl (C=O) groups is 1. The SMILES string of the molecule is CCCCCCCCCCCC=CCCc1ccccc1OCCCC(=O)Nc1ccc(-n2[nH]c(OCC)cc2=O)cc1. The van der Waals surface area contributed by atoms with Crippen molar-refractivity contribution in [3.05, 3.63) is 82.7 Å². The fourth-order valence-electron chi connectivity index (χ4n) is 5.03. The van der Waals surface area contributed by atoms with Crippen LogP contribution in [0.4, 0.5) is 5.69 Å². The lowest BCUT2D eigenvalue weighted by molar-refractivity contribution is -0.116. The first-order valence-electron chi connectivity index (χ1n) is 16.3. The number of benzene rings is 2. The van der Waals surface area contributed by atoms with Gasteiger partial charge in [0.2, 0.25) is 11.8 Å². The van der Waals surface area contributed by atoms with E-state index >= 15 is 0 Å². The summed E-state index contributed by atoms with van der Waals surface area (Å²) in [7, 11) is 0. The van der Waals surface area contributed by atoms with Gasteiger partial charge in [-0.25, -0.2) is 4.68 Å². The molecule has 1 heterocycles. The Balaban J connectivity index is 1.29. The van der Waals surface area contributed by atoms with E-state index in [1.54, 1.807) is 24.3 Å². The Bertz CT molecular complexity index is 1280. The van der Waals surface area contributed by atoms with Gasteiger partial charge in [-0.15, -0.1) is 0 Å². The second kappa shape index (κ2) is 20.2. The number of carbonyl (C=O) groups excluding carboxylic acids is 1. The third-order valence-electron chi connectivity index (χ3n) is 7.41. The summed E-state index contributed by atoms with van der Waals surface area (Å²) in [5.74, 6) is 1.25. The number of hydrogen-bond acceptors (Lipinski definition) is 4. The van der Waals surface area contributed by atoms with Crippen LogP contribution in [0.1, 0.15) is 103 Å². The van der Waals surface area contributed by atoms with E-state index in [1.807, 2.05) is 19.1 Å². The average molecular weight is 590 g/mol. The lowest BCUT2D eigenvalue weighted by Gasteiger charge is -2.11. The monoisotopic (exact) mass is 589 g/mol. The van der Waals surface area contributed by atoms with E-state index in [2.05, 4.69) is 41.6 Å². The summed E-state index contributed by atoms with van der Waals surface area (Å²) in [5.41, 5.74) is 2.34. The van der Waals surface area contributed by atoms with Gasteiger partial charge >= 0.3 is 0 Å². The number of amides is 1. The van der Waals surface area contributed by atoms with E-state index in [1.165, 1.54) is 80.5 Å². The van der Waals surface area contributed by atoms with E-state index in [0.717, 1.165) is 18.6 Å². The molecule has 0 saturated heterocycles. The normalized spacial score (nSPS) is 11.2. The molecule has 2 N–H and O–H groups in total. The van der Waals surface area contributed by atoms with Gasteiger partial charge in [0.1, 0.15) is 5.75 Å². The Hall–Kier alpha value is -3.74. The highest BCUT2D eigenvalue weighted by atomic mass is 16.5. The Morgan fingerprint density at radius 3 is 2.28 bits per heavy atom. The zero-order valence-electron chi connectivity index (χ0n) is 26.2. The number of nitrogens with zero attached hydrogens (tertiary/aromatic N) is 1. The molecule has 0 bridgehead atoms. The standard InChI is InChI=1S/C36H51N3O4/c1-3-5-6-7-8-9-10-11-12-13-14-15-16-20-30-21-17-18-22-33(30)43-28-19-23-34(40)37-31-24-26-32(27-25-31)39-36(41)29-35(38-39)42-4-2/h14-15,17-18,21-22,24-27,29,38H,3-13,16,19-20,23,28H2,1-2H3,(H,37,40). The van der Waals surface area contributed by atoms with Gasteiger partial charge in [0.15, 0.2) is 0 Å². The number of allylic oxidation sites excluding steroid dienone is 2. The van der Waals surface area contributed by atoms with Crippen LogP contribution in [0.2, 0.25) is 0 Å². The van der Waals surface area contributed by atoms with Crippen molar-refractivity contribution in [2.45, 2.75) is 104 Å². The van der Waals surface area contributed by atoms with Gasteiger partial charge in [-0.1, -0.05) is 88.6 Å². The van der Waals surface area contributed by atoms with Crippen LogP contribution in [-0.2, 0) is 11.2 Å². The zero-order valence-corrected chi connectivity index (χ0v) is 26.2. The summed E-state index contributed by atoms with van der Waals surface area (Å²) in [6.07, 6.45) is 21.0. The van der Waals surface area contributed by atoms with Gasteiger partial charge in [0, 0.05) is 12.1 Å². The maximum atomic E-state index is 12.5. The number of para-hydroxylation sites is 1. The molecule has 7 nitrogen and oxygen atoms in total. The molecule has 1 aromatic heterocycles. The van der Waals surface area contributed by atoms with E-state index < -0.39 is 0 Å². The van der Waals surface area contributed by atoms with Gasteiger partial charge in [0.25, 0.3) is 5.56 Å². The predicted molar refractivity (Wildman–Crippen MR) is 177 cm³/mol. The van der Waals surface area contributed by atoms with Crippen molar-refractivity contribution in [1.82, 2.24) is 9.78 Å². The van der Waals surface area contributed by atoms with Crippen molar-refractivity contribution in [2.24, 2.45) is 0 Å². The number of anilines is 1. The summed E-state index contributed by atoms with van der Waals surface area (Å²) in [6.45, 7) is 5.08. The number of nitrogens with one attached hydrogen (secondary N) is 2. The number of rotatable bonds is 22. The molecule has 0 fully saturated rings. The molecule has 234 valence electrons. The van der Waals surface area contributed by atoms with E-state index in [-0.39, 0.29) is 11.5 Å². The smallest absolute Gasteiger partial charge is 0.275 e. The molecule has 43 heavy (non-hydrogen) atoms. The summed E-state index contributed by atoms with van der Waals surface area (Å²) in [4.78, 5) is 24.6. The number of aryl methyl sites for hydroxylation is 1. The largest absolute Gasteiger partial charge is 0.493 e. The van der Waals surface area contributed by atoms with Crippen LogP contribution in [0.15, 0.2) is 71.5 Å². The predicted octanol–water partition coefficient (Wildman–Crippen LogP) is 8.77. The first-order chi connectivity index (χ1) is 21.1. The first-order valence-corrected chi connectivity index (χ1v) is 16.3. The van der Waals surface area contributed by atoms with Crippen molar-refractivity contribution in [3.8, 4) is 17.3 Å². The minimum atomic E-state index is -0.206. The van der Waals surface area contributed by atoms with E-state index in [0.29, 0.717) is 43.3 Å². The van der Waals surface area contributed by atoms with Crippen molar-refractivity contribution in [3.63, 3.8) is 0 Å². The maximum Gasteiger partial charge on any atom is 0.275 e. The lowest BCUT2D eigenvalue weighted by atomic mass is 10.1. The molecule has 0 aliphatic carbocycles. The van der Waals surface area contributed by atoms with Crippen molar-refractivity contribution in [1.29, 1.82) is 0 Å². The third kappa shape index (κ3) is 13.0. The second-order valence-electron chi connectivity index (χ2n) is 11.0. The fourth-order valence-corrected chi connectivity index (χ4v) is 5.03. The Morgan fingerprint density at radius 1 is 0.837 bits per heavy atom. The molecule has 3 aromatic rings. The highest BCUT2D eigenvalue weighted by molar-refractivity contribution is 5.90. The lowest BCUT2D eigenvalue weighted by Crippen LogP contribution is -2.14. The summed E-state index contributed by atoms with van der Waals surface area (Å²) < 4.78 is 12.8. The molecule has 0 atom stereocenters. The van der Waals surface area contributed by atoms with Crippen molar-refractivity contribution >= 4 is 11.6 Å². The van der Waals surface area contributed by atoms with Crippen LogP contribution < -0.4 is 20.3 Å². The average Bonchev–Trinajstić information content (AvgIpc) is 3.38. The minimum Gasteiger partial charge on any atom is -0.493 e. The zero-order chi connectivity index (χ0) is 30.5. The first kappa shape index (κ1) is 33.8. The molecule has 0 radical (unpaired) electrons. The molecule has 1 amide bonds. The summed E-state index contributed by atoms with van der Waals surface area (Å²) >= 11 is 0. The number of aromatic nitrogens is 2. The van der Waals surface area contributed by atoms with Gasteiger partial charge in [-0.3, -0.25) is 14.7 Å². The summed E-state index contributed by atoms with van der Waals surface area (Å²) in [5, 5.41) is 5.83. The van der Waals surface area contributed by atoms with Gasteiger partial charge in [0.05, 0.1) is 25.0 Å².